The first-order valence-electron chi connectivity index (χ1n) is 9.82. The summed E-state index contributed by atoms with van der Waals surface area (Å²) in [7, 11) is 0. The largest absolute Gasteiger partial charge is 0.486 e. The van der Waals surface area contributed by atoms with Gasteiger partial charge in [-0.05, 0) is 46.5 Å². The van der Waals surface area contributed by atoms with E-state index in [0.29, 0.717) is 13.2 Å². The number of aromatic nitrogens is 4. The highest BCUT2D eigenvalue weighted by Gasteiger charge is 2.28. The molecule has 1 atom stereocenters. The van der Waals surface area contributed by atoms with E-state index in [0.717, 1.165) is 48.9 Å². The number of hydrogen-bond donors (Lipinski definition) is 0. The molecule has 0 radical (unpaired) electrons. The molecule has 0 aliphatic carbocycles. The highest BCUT2D eigenvalue weighted by Crippen LogP contribution is 2.34. The highest BCUT2D eigenvalue weighted by atomic mass is 16.6. The molecular formula is C21H23N5O2. The average molecular weight is 377 g/mol. The van der Waals surface area contributed by atoms with Gasteiger partial charge in [-0.15, -0.1) is 5.10 Å². The fourth-order valence-corrected chi connectivity index (χ4v) is 4.14. The number of ether oxygens (including phenoxy) is 2. The van der Waals surface area contributed by atoms with Gasteiger partial charge in [0.05, 0.1) is 11.7 Å². The highest BCUT2D eigenvalue weighted by molar-refractivity contribution is 5.49. The van der Waals surface area contributed by atoms with Gasteiger partial charge in [0.2, 0.25) is 0 Å². The average Bonchev–Trinajstić information content (AvgIpc) is 3.23. The van der Waals surface area contributed by atoms with Crippen molar-refractivity contribution >= 4 is 0 Å². The Hall–Kier alpha value is -2.93. The van der Waals surface area contributed by atoms with Crippen molar-refractivity contribution in [1.82, 2.24) is 25.1 Å². The fraction of sp³-hybridized carbons (Fsp3) is 0.381. The quantitative estimate of drug-likeness (QED) is 0.697. The second-order valence-electron chi connectivity index (χ2n) is 7.19. The van der Waals surface area contributed by atoms with Crippen molar-refractivity contribution < 1.29 is 9.47 Å². The van der Waals surface area contributed by atoms with Gasteiger partial charge in [0, 0.05) is 19.2 Å². The maximum Gasteiger partial charge on any atom is 0.173 e. The molecule has 2 aliphatic rings. The van der Waals surface area contributed by atoms with Crippen molar-refractivity contribution in [1.29, 1.82) is 0 Å². The van der Waals surface area contributed by atoms with Gasteiger partial charge >= 0.3 is 0 Å². The third-order valence-corrected chi connectivity index (χ3v) is 5.55. The summed E-state index contributed by atoms with van der Waals surface area (Å²) in [5.41, 5.74) is 3.73. The number of tetrazole rings is 1. The zero-order chi connectivity index (χ0) is 18.9. The summed E-state index contributed by atoms with van der Waals surface area (Å²) in [6.45, 7) is 5.25. The second-order valence-corrected chi connectivity index (χ2v) is 7.19. The van der Waals surface area contributed by atoms with Crippen LogP contribution in [-0.2, 0) is 13.0 Å². The zero-order valence-corrected chi connectivity index (χ0v) is 15.9. The predicted octanol–water partition coefficient (Wildman–Crippen LogP) is 2.94. The lowest BCUT2D eigenvalue weighted by Crippen LogP contribution is -2.35. The molecule has 1 unspecified atom stereocenters. The Kier molecular flexibility index (Phi) is 4.44. The first-order valence-corrected chi connectivity index (χ1v) is 9.82. The van der Waals surface area contributed by atoms with Gasteiger partial charge in [0.25, 0.3) is 0 Å². The Morgan fingerprint density at radius 1 is 1.04 bits per heavy atom. The number of fused-ring (bicyclic) bond motifs is 2. The van der Waals surface area contributed by atoms with E-state index < -0.39 is 0 Å². The van der Waals surface area contributed by atoms with Crippen molar-refractivity contribution in [3.8, 4) is 17.2 Å². The van der Waals surface area contributed by atoms with Crippen LogP contribution in [0.15, 0.2) is 42.5 Å². The normalized spacial score (nSPS) is 17.2. The van der Waals surface area contributed by atoms with E-state index in [1.165, 1.54) is 11.1 Å². The molecule has 0 saturated heterocycles. The summed E-state index contributed by atoms with van der Waals surface area (Å²) in [5, 5.41) is 12.7. The Morgan fingerprint density at radius 3 is 2.71 bits per heavy atom. The van der Waals surface area contributed by atoms with Crippen LogP contribution in [0, 0.1) is 0 Å². The van der Waals surface area contributed by atoms with E-state index in [-0.39, 0.29) is 6.04 Å². The third-order valence-electron chi connectivity index (χ3n) is 5.55. The zero-order valence-electron chi connectivity index (χ0n) is 15.9. The number of benzene rings is 2. The summed E-state index contributed by atoms with van der Waals surface area (Å²) >= 11 is 0. The molecule has 144 valence electrons. The van der Waals surface area contributed by atoms with Gasteiger partial charge in [0.1, 0.15) is 13.2 Å². The molecule has 0 fully saturated rings. The SMILES string of the molecule is CCC(c1nnnn1-c1ccc2c(c1)OCCO2)N1CCc2ccccc2C1. The topological polar surface area (TPSA) is 65.3 Å². The minimum Gasteiger partial charge on any atom is -0.486 e. The van der Waals surface area contributed by atoms with E-state index in [1.807, 2.05) is 22.9 Å². The van der Waals surface area contributed by atoms with Gasteiger partial charge < -0.3 is 9.47 Å². The van der Waals surface area contributed by atoms with Crippen molar-refractivity contribution in [2.45, 2.75) is 32.4 Å². The molecule has 2 aromatic carbocycles. The van der Waals surface area contributed by atoms with E-state index in [1.54, 1.807) is 0 Å². The summed E-state index contributed by atoms with van der Waals surface area (Å²) in [6, 6.07) is 14.7. The van der Waals surface area contributed by atoms with Crippen LogP contribution in [0.3, 0.4) is 0 Å². The summed E-state index contributed by atoms with van der Waals surface area (Å²) in [6.07, 6.45) is 1.99. The lowest BCUT2D eigenvalue weighted by atomic mass is 9.98. The molecule has 0 amide bonds. The molecule has 7 heteroatoms. The molecule has 7 nitrogen and oxygen atoms in total. The monoisotopic (exact) mass is 377 g/mol. The maximum atomic E-state index is 5.73. The van der Waals surface area contributed by atoms with Crippen LogP contribution in [0.1, 0.15) is 36.3 Å². The number of hydrogen-bond acceptors (Lipinski definition) is 6. The summed E-state index contributed by atoms with van der Waals surface area (Å²) in [5.74, 6) is 2.37. The fourth-order valence-electron chi connectivity index (χ4n) is 4.14. The molecule has 3 aromatic rings. The van der Waals surface area contributed by atoms with Gasteiger partial charge in [0.15, 0.2) is 17.3 Å². The first-order chi connectivity index (χ1) is 13.8. The Balaban J connectivity index is 1.46. The van der Waals surface area contributed by atoms with Crippen molar-refractivity contribution in [2.75, 3.05) is 19.8 Å². The van der Waals surface area contributed by atoms with Crippen LogP contribution in [0.4, 0.5) is 0 Å². The van der Waals surface area contributed by atoms with Crippen molar-refractivity contribution in [3.05, 3.63) is 59.4 Å². The van der Waals surface area contributed by atoms with E-state index >= 15 is 0 Å². The van der Waals surface area contributed by atoms with Gasteiger partial charge in [-0.25, -0.2) is 0 Å². The molecule has 0 bridgehead atoms. The molecular weight excluding hydrogens is 354 g/mol. The lowest BCUT2D eigenvalue weighted by Gasteiger charge is -2.34. The predicted molar refractivity (Wildman–Crippen MR) is 104 cm³/mol. The molecule has 0 spiro atoms. The van der Waals surface area contributed by atoms with E-state index in [9.17, 15) is 0 Å². The van der Waals surface area contributed by atoms with Crippen LogP contribution in [0.25, 0.3) is 5.69 Å². The molecule has 0 N–H and O–H groups in total. The number of rotatable bonds is 4. The molecule has 0 saturated carbocycles. The summed E-state index contributed by atoms with van der Waals surface area (Å²) in [4.78, 5) is 2.47. The second kappa shape index (κ2) is 7.24. The molecule has 1 aromatic heterocycles. The molecule has 5 rings (SSSR count). The maximum absolute atomic E-state index is 5.73. The third kappa shape index (κ3) is 3.01. The molecule has 28 heavy (non-hydrogen) atoms. The summed E-state index contributed by atoms with van der Waals surface area (Å²) < 4.78 is 13.2. The smallest absolute Gasteiger partial charge is 0.173 e. The van der Waals surface area contributed by atoms with Crippen molar-refractivity contribution in [2.24, 2.45) is 0 Å². The van der Waals surface area contributed by atoms with Crippen LogP contribution < -0.4 is 9.47 Å². The van der Waals surface area contributed by atoms with Crippen molar-refractivity contribution in [3.63, 3.8) is 0 Å². The Labute approximate surface area is 163 Å². The standard InChI is InChI=1S/C21H23N5O2/c1-2-18(25-10-9-15-5-3-4-6-16(15)14-25)21-22-23-24-26(21)17-7-8-19-20(13-17)28-12-11-27-19/h3-8,13,18H,2,9-12,14H2,1H3. The van der Waals surface area contributed by atoms with E-state index in [4.69, 9.17) is 9.47 Å². The minimum absolute atomic E-state index is 0.150. The van der Waals surface area contributed by atoms with Gasteiger partial charge in [-0.1, -0.05) is 31.2 Å². The number of nitrogens with zero attached hydrogens (tertiary/aromatic N) is 5. The van der Waals surface area contributed by atoms with Crippen LogP contribution in [-0.4, -0.2) is 44.9 Å². The molecule has 2 aliphatic heterocycles. The van der Waals surface area contributed by atoms with Crippen LogP contribution >= 0.6 is 0 Å². The van der Waals surface area contributed by atoms with Crippen LogP contribution in [0.5, 0.6) is 11.5 Å². The Morgan fingerprint density at radius 2 is 1.86 bits per heavy atom. The Bertz CT molecular complexity index is 986. The minimum atomic E-state index is 0.150. The first kappa shape index (κ1) is 17.2. The molecule has 3 heterocycles. The van der Waals surface area contributed by atoms with Gasteiger partial charge in [-0.2, -0.15) is 4.68 Å². The van der Waals surface area contributed by atoms with Gasteiger partial charge in [-0.3, -0.25) is 4.90 Å². The van der Waals surface area contributed by atoms with Crippen LogP contribution in [0.2, 0.25) is 0 Å². The van der Waals surface area contributed by atoms with E-state index in [2.05, 4.69) is 51.6 Å². The lowest BCUT2D eigenvalue weighted by molar-refractivity contribution is 0.164.